The van der Waals surface area contributed by atoms with E-state index in [1.807, 2.05) is 29.9 Å². The molecule has 2 aliphatic rings. The molecule has 174 valence electrons. The SMILES string of the molecule is Cc1ccc2c(-c3ccc(F)cc3F)nc([C@H]3C[C@H](C)O[C@@H](c4cnn(C5CC5)c4)C3)nc2n1. The first kappa shape index (κ1) is 21.3. The predicted molar refractivity (Wildman–Crippen MR) is 123 cm³/mol. The van der Waals surface area contributed by atoms with Crippen molar-refractivity contribution in [2.75, 3.05) is 0 Å². The Hall–Kier alpha value is -3.26. The summed E-state index contributed by atoms with van der Waals surface area (Å²) in [6.45, 7) is 3.94. The van der Waals surface area contributed by atoms with Gasteiger partial charge >= 0.3 is 0 Å². The van der Waals surface area contributed by atoms with Gasteiger partial charge in [-0.3, -0.25) is 4.68 Å². The molecule has 4 heterocycles. The van der Waals surface area contributed by atoms with Crippen LogP contribution in [0.1, 0.15) is 67.8 Å². The third-order valence-electron chi connectivity index (χ3n) is 6.69. The summed E-state index contributed by atoms with van der Waals surface area (Å²) in [7, 11) is 0. The van der Waals surface area contributed by atoms with Gasteiger partial charge in [0.2, 0.25) is 0 Å². The Morgan fingerprint density at radius 3 is 2.68 bits per heavy atom. The van der Waals surface area contributed by atoms with Gasteiger partial charge < -0.3 is 4.74 Å². The van der Waals surface area contributed by atoms with E-state index in [4.69, 9.17) is 14.7 Å². The molecule has 1 aromatic carbocycles. The molecular formula is C26H25F2N5O. The first-order valence-corrected chi connectivity index (χ1v) is 11.7. The topological polar surface area (TPSA) is 65.7 Å². The summed E-state index contributed by atoms with van der Waals surface area (Å²) < 4.78 is 36.7. The fourth-order valence-electron chi connectivity index (χ4n) is 4.82. The zero-order valence-electron chi connectivity index (χ0n) is 19.1. The van der Waals surface area contributed by atoms with Crippen molar-refractivity contribution in [2.24, 2.45) is 0 Å². The van der Waals surface area contributed by atoms with Crippen LogP contribution in [0.25, 0.3) is 22.3 Å². The average Bonchev–Trinajstić information content (AvgIpc) is 3.54. The maximum Gasteiger partial charge on any atom is 0.163 e. The van der Waals surface area contributed by atoms with Crippen molar-refractivity contribution in [3.63, 3.8) is 0 Å². The smallest absolute Gasteiger partial charge is 0.163 e. The molecule has 6 nitrogen and oxygen atoms in total. The van der Waals surface area contributed by atoms with Crippen LogP contribution in [0.5, 0.6) is 0 Å². The van der Waals surface area contributed by atoms with Gasteiger partial charge in [0.1, 0.15) is 17.5 Å². The number of aryl methyl sites for hydroxylation is 1. The standard InChI is InChI=1S/C26H25F2N5O/c1-14-3-7-21-24(20-8-4-18(27)11-22(20)28)31-25(32-26(21)30-14)16-9-15(2)34-23(10-16)17-12-29-33(13-17)19-5-6-19/h3-4,7-8,11-13,15-16,19,23H,5-6,9-10H2,1-2H3/t15-,16-,23+/m0/s1. The second-order valence-electron chi connectivity index (χ2n) is 9.47. The number of rotatable bonds is 4. The summed E-state index contributed by atoms with van der Waals surface area (Å²) >= 11 is 0. The van der Waals surface area contributed by atoms with Gasteiger partial charge in [0.25, 0.3) is 0 Å². The maximum atomic E-state index is 14.8. The molecule has 34 heavy (non-hydrogen) atoms. The summed E-state index contributed by atoms with van der Waals surface area (Å²) in [6.07, 6.45) is 7.66. The van der Waals surface area contributed by atoms with Gasteiger partial charge in [-0.1, -0.05) is 0 Å². The van der Waals surface area contributed by atoms with Gasteiger partial charge in [0.05, 0.1) is 30.1 Å². The van der Waals surface area contributed by atoms with Crippen molar-refractivity contribution in [1.82, 2.24) is 24.7 Å². The second kappa shape index (κ2) is 8.20. The molecule has 0 amide bonds. The molecule has 0 N–H and O–H groups in total. The van der Waals surface area contributed by atoms with E-state index in [1.54, 1.807) is 0 Å². The lowest BCUT2D eigenvalue weighted by Gasteiger charge is -2.33. The van der Waals surface area contributed by atoms with E-state index in [2.05, 4.69) is 23.2 Å². The van der Waals surface area contributed by atoms with Gasteiger partial charge in [-0.2, -0.15) is 5.10 Å². The molecule has 8 heteroatoms. The predicted octanol–water partition coefficient (Wildman–Crippen LogP) is 5.83. The number of hydrogen-bond acceptors (Lipinski definition) is 5. The molecule has 4 aromatic rings. The zero-order valence-corrected chi connectivity index (χ0v) is 19.1. The van der Waals surface area contributed by atoms with Crippen LogP contribution in [-0.4, -0.2) is 30.8 Å². The minimum atomic E-state index is -0.655. The van der Waals surface area contributed by atoms with Crippen LogP contribution in [0, 0.1) is 18.6 Å². The molecule has 2 fully saturated rings. The van der Waals surface area contributed by atoms with Crippen LogP contribution in [0.4, 0.5) is 8.78 Å². The van der Waals surface area contributed by atoms with Crippen molar-refractivity contribution >= 4 is 11.0 Å². The molecule has 0 unspecified atom stereocenters. The van der Waals surface area contributed by atoms with Gasteiger partial charge in [-0.25, -0.2) is 23.7 Å². The first-order valence-electron chi connectivity index (χ1n) is 11.7. The minimum absolute atomic E-state index is 0.00352. The summed E-state index contributed by atoms with van der Waals surface area (Å²) in [5.74, 6) is -0.662. The van der Waals surface area contributed by atoms with Gasteiger partial charge in [0.15, 0.2) is 5.65 Å². The number of pyridine rings is 1. The lowest BCUT2D eigenvalue weighted by Crippen LogP contribution is -2.26. The highest BCUT2D eigenvalue weighted by atomic mass is 19.1. The van der Waals surface area contributed by atoms with E-state index in [0.717, 1.165) is 23.7 Å². The fraction of sp³-hybridized carbons (Fsp3) is 0.385. The molecule has 1 aliphatic carbocycles. The highest BCUT2D eigenvalue weighted by Gasteiger charge is 2.33. The Labute approximate surface area is 196 Å². The molecule has 0 bridgehead atoms. The summed E-state index contributed by atoms with van der Waals surface area (Å²) in [5.41, 5.74) is 3.06. The molecule has 0 radical (unpaired) electrons. The van der Waals surface area contributed by atoms with Crippen LogP contribution >= 0.6 is 0 Å². The van der Waals surface area contributed by atoms with Crippen LogP contribution in [-0.2, 0) is 4.74 Å². The summed E-state index contributed by atoms with van der Waals surface area (Å²) in [6, 6.07) is 7.77. The molecule has 3 aromatic heterocycles. The number of aromatic nitrogens is 5. The summed E-state index contributed by atoms with van der Waals surface area (Å²) in [5, 5.41) is 5.16. The van der Waals surface area contributed by atoms with Crippen LogP contribution < -0.4 is 0 Å². The lowest BCUT2D eigenvalue weighted by atomic mass is 9.89. The highest BCUT2D eigenvalue weighted by molar-refractivity contribution is 5.90. The van der Waals surface area contributed by atoms with E-state index >= 15 is 0 Å². The second-order valence-corrected chi connectivity index (χ2v) is 9.47. The van der Waals surface area contributed by atoms with E-state index in [9.17, 15) is 8.78 Å². The van der Waals surface area contributed by atoms with Crippen LogP contribution in [0.15, 0.2) is 42.7 Å². The molecule has 1 saturated heterocycles. The number of fused-ring (bicyclic) bond motifs is 1. The van der Waals surface area contributed by atoms with E-state index in [0.29, 0.717) is 35.0 Å². The maximum absolute atomic E-state index is 14.8. The Morgan fingerprint density at radius 2 is 1.88 bits per heavy atom. The van der Waals surface area contributed by atoms with Crippen molar-refractivity contribution in [3.05, 3.63) is 71.4 Å². The molecular weight excluding hydrogens is 436 g/mol. The number of ether oxygens (including phenoxy) is 1. The van der Waals surface area contributed by atoms with Gasteiger partial charge in [-0.15, -0.1) is 0 Å². The summed E-state index contributed by atoms with van der Waals surface area (Å²) in [4.78, 5) is 14.2. The van der Waals surface area contributed by atoms with Crippen LogP contribution in [0.3, 0.4) is 0 Å². The molecule has 1 saturated carbocycles. The number of halogens is 2. The fourth-order valence-corrected chi connectivity index (χ4v) is 4.82. The molecule has 0 spiro atoms. The van der Waals surface area contributed by atoms with E-state index in [1.165, 1.54) is 25.0 Å². The normalized spacial score (nSPS) is 22.9. The minimum Gasteiger partial charge on any atom is -0.370 e. The number of benzene rings is 1. The molecule has 1 aliphatic heterocycles. The van der Waals surface area contributed by atoms with Gasteiger partial charge in [-0.05, 0) is 63.8 Å². The highest BCUT2D eigenvalue weighted by Crippen LogP contribution is 2.41. The Balaban J connectivity index is 1.41. The Bertz CT molecular complexity index is 1380. The van der Waals surface area contributed by atoms with Crippen molar-refractivity contribution in [1.29, 1.82) is 0 Å². The first-order chi connectivity index (χ1) is 16.4. The third kappa shape index (κ3) is 3.96. The average molecular weight is 462 g/mol. The largest absolute Gasteiger partial charge is 0.370 e. The monoisotopic (exact) mass is 461 g/mol. The Kier molecular flexibility index (Phi) is 5.13. The molecule has 3 atom stereocenters. The Morgan fingerprint density at radius 1 is 1.03 bits per heavy atom. The zero-order chi connectivity index (χ0) is 23.4. The van der Waals surface area contributed by atoms with Crippen LogP contribution in [0.2, 0.25) is 0 Å². The van der Waals surface area contributed by atoms with Crippen molar-refractivity contribution < 1.29 is 13.5 Å². The van der Waals surface area contributed by atoms with E-state index in [-0.39, 0.29) is 23.7 Å². The number of hydrogen-bond donors (Lipinski definition) is 0. The van der Waals surface area contributed by atoms with Gasteiger partial charge in [0, 0.05) is 40.4 Å². The van der Waals surface area contributed by atoms with Crippen molar-refractivity contribution in [2.45, 2.75) is 63.7 Å². The third-order valence-corrected chi connectivity index (χ3v) is 6.69. The number of nitrogens with zero attached hydrogens (tertiary/aromatic N) is 5. The van der Waals surface area contributed by atoms with E-state index < -0.39 is 11.6 Å². The lowest BCUT2D eigenvalue weighted by molar-refractivity contribution is -0.0511. The van der Waals surface area contributed by atoms with Crippen molar-refractivity contribution in [3.8, 4) is 11.3 Å². The molecule has 6 rings (SSSR count). The quantitative estimate of drug-likeness (QED) is 0.382.